The molecule has 19 heavy (non-hydrogen) atoms. The van der Waals surface area contributed by atoms with Gasteiger partial charge < -0.3 is 9.30 Å². The molecule has 0 bridgehead atoms. The number of ether oxygens (including phenoxy) is 1. The van der Waals surface area contributed by atoms with Gasteiger partial charge in [0.2, 0.25) is 0 Å². The number of rotatable bonds is 3. The van der Waals surface area contributed by atoms with Gasteiger partial charge in [-0.25, -0.2) is 0 Å². The highest BCUT2D eigenvalue weighted by atomic mass is 16.5. The Kier molecular flexibility index (Phi) is 3.15. The predicted octanol–water partition coefficient (Wildman–Crippen LogP) is 2.91. The van der Waals surface area contributed by atoms with E-state index in [0.717, 1.165) is 35.8 Å². The first-order chi connectivity index (χ1) is 9.19. The molecule has 1 heterocycles. The van der Waals surface area contributed by atoms with Crippen LogP contribution in [0, 0.1) is 12.8 Å². The van der Waals surface area contributed by atoms with Crippen LogP contribution in [0.15, 0.2) is 35.3 Å². The average Bonchev–Trinajstić information content (AvgIpc) is 2.35. The number of hydrogen-bond donors (Lipinski definition) is 0. The highest BCUT2D eigenvalue weighted by Gasteiger charge is 2.30. The number of methoxy groups -OCH3 is 1. The zero-order valence-corrected chi connectivity index (χ0v) is 11.4. The SMILES string of the molecule is COCC1CC(n2ccc3ccc(C)cc3c2=O)C1. The summed E-state index contributed by atoms with van der Waals surface area (Å²) in [7, 11) is 1.73. The maximum atomic E-state index is 12.5. The second kappa shape index (κ2) is 4.82. The van der Waals surface area contributed by atoms with Crippen LogP contribution in [0.25, 0.3) is 10.8 Å². The number of aromatic nitrogens is 1. The quantitative estimate of drug-likeness (QED) is 0.846. The van der Waals surface area contributed by atoms with Crippen LogP contribution in [0.5, 0.6) is 0 Å². The third-order valence-corrected chi connectivity index (χ3v) is 4.09. The Bertz CT molecular complexity index is 653. The van der Waals surface area contributed by atoms with Crippen molar-refractivity contribution < 1.29 is 4.74 Å². The van der Waals surface area contributed by atoms with Crippen LogP contribution in [-0.4, -0.2) is 18.3 Å². The van der Waals surface area contributed by atoms with E-state index in [2.05, 4.69) is 0 Å². The van der Waals surface area contributed by atoms with E-state index in [1.54, 1.807) is 7.11 Å². The molecule has 0 radical (unpaired) electrons. The van der Waals surface area contributed by atoms with E-state index in [-0.39, 0.29) is 5.56 Å². The fourth-order valence-electron chi connectivity index (χ4n) is 2.96. The van der Waals surface area contributed by atoms with E-state index in [1.807, 2.05) is 42.0 Å². The molecule has 3 heteroatoms. The van der Waals surface area contributed by atoms with Gasteiger partial charge in [0.05, 0.1) is 0 Å². The van der Waals surface area contributed by atoms with E-state index >= 15 is 0 Å². The fourth-order valence-corrected chi connectivity index (χ4v) is 2.96. The largest absolute Gasteiger partial charge is 0.384 e. The normalized spacial score (nSPS) is 22.4. The lowest BCUT2D eigenvalue weighted by Crippen LogP contribution is -2.35. The van der Waals surface area contributed by atoms with E-state index < -0.39 is 0 Å². The number of nitrogens with zero attached hydrogens (tertiary/aromatic N) is 1. The molecule has 0 unspecified atom stereocenters. The molecule has 0 saturated heterocycles. The van der Waals surface area contributed by atoms with Crippen molar-refractivity contribution in [2.45, 2.75) is 25.8 Å². The van der Waals surface area contributed by atoms with Crippen LogP contribution in [0.4, 0.5) is 0 Å². The summed E-state index contributed by atoms with van der Waals surface area (Å²) in [6.45, 7) is 2.83. The Morgan fingerprint density at radius 2 is 2.11 bits per heavy atom. The lowest BCUT2D eigenvalue weighted by Gasteiger charge is -2.36. The van der Waals surface area contributed by atoms with Crippen LogP contribution < -0.4 is 5.56 Å². The molecule has 1 aromatic carbocycles. The summed E-state index contributed by atoms with van der Waals surface area (Å²) < 4.78 is 7.06. The van der Waals surface area contributed by atoms with Crippen LogP contribution in [0.3, 0.4) is 0 Å². The molecular weight excluding hydrogens is 238 g/mol. The second-order valence-electron chi connectivity index (χ2n) is 5.57. The molecule has 1 aromatic heterocycles. The second-order valence-corrected chi connectivity index (χ2v) is 5.57. The van der Waals surface area contributed by atoms with Crippen LogP contribution in [-0.2, 0) is 4.74 Å². The summed E-state index contributed by atoms with van der Waals surface area (Å²) in [4.78, 5) is 12.5. The van der Waals surface area contributed by atoms with Crippen molar-refractivity contribution in [2.24, 2.45) is 5.92 Å². The Labute approximate surface area is 112 Å². The molecule has 0 N–H and O–H groups in total. The lowest BCUT2D eigenvalue weighted by atomic mass is 9.80. The molecule has 1 aliphatic carbocycles. The predicted molar refractivity (Wildman–Crippen MR) is 76.6 cm³/mol. The Morgan fingerprint density at radius 1 is 1.32 bits per heavy atom. The summed E-state index contributed by atoms with van der Waals surface area (Å²) in [5.41, 5.74) is 1.27. The van der Waals surface area contributed by atoms with Crippen molar-refractivity contribution in [1.82, 2.24) is 4.57 Å². The first-order valence-corrected chi connectivity index (χ1v) is 6.79. The zero-order chi connectivity index (χ0) is 13.4. The summed E-state index contributed by atoms with van der Waals surface area (Å²) in [5.74, 6) is 0.607. The highest BCUT2D eigenvalue weighted by Crippen LogP contribution is 2.37. The third-order valence-electron chi connectivity index (χ3n) is 4.09. The van der Waals surface area contributed by atoms with E-state index in [4.69, 9.17) is 4.74 Å². The number of benzene rings is 1. The average molecular weight is 257 g/mol. The highest BCUT2D eigenvalue weighted by molar-refractivity contribution is 5.82. The number of aryl methyl sites for hydroxylation is 1. The summed E-state index contributed by atoms with van der Waals surface area (Å²) in [6.07, 6.45) is 4.03. The Hall–Kier alpha value is -1.61. The number of hydrogen-bond acceptors (Lipinski definition) is 2. The molecule has 3 nitrogen and oxygen atoms in total. The third kappa shape index (κ3) is 2.19. The van der Waals surface area contributed by atoms with Crippen molar-refractivity contribution >= 4 is 10.8 Å². The Morgan fingerprint density at radius 3 is 2.84 bits per heavy atom. The van der Waals surface area contributed by atoms with Gasteiger partial charge in [-0.1, -0.05) is 17.7 Å². The van der Waals surface area contributed by atoms with Crippen LogP contribution >= 0.6 is 0 Å². The minimum absolute atomic E-state index is 0.141. The fraction of sp³-hybridized carbons (Fsp3) is 0.438. The van der Waals surface area contributed by atoms with Gasteiger partial charge in [0, 0.05) is 31.3 Å². The minimum Gasteiger partial charge on any atom is -0.384 e. The molecule has 0 atom stereocenters. The first kappa shape index (κ1) is 12.4. The summed E-state index contributed by atoms with van der Waals surface area (Å²) >= 11 is 0. The van der Waals surface area contributed by atoms with Gasteiger partial charge in [0.15, 0.2) is 0 Å². The monoisotopic (exact) mass is 257 g/mol. The van der Waals surface area contributed by atoms with Crippen LogP contribution in [0.1, 0.15) is 24.4 Å². The van der Waals surface area contributed by atoms with Gasteiger partial charge in [-0.15, -0.1) is 0 Å². The molecule has 3 rings (SSSR count). The molecule has 1 fully saturated rings. The summed E-state index contributed by atoms with van der Waals surface area (Å²) in [5, 5.41) is 1.86. The van der Waals surface area contributed by atoms with E-state index in [0.29, 0.717) is 12.0 Å². The first-order valence-electron chi connectivity index (χ1n) is 6.79. The van der Waals surface area contributed by atoms with Gasteiger partial charge in [0.1, 0.15) is 0 Å². The zero-order valence-electron chi connectivity index (χ0n) is 11.4. The molecule has 100 valence electrons. The van der Waals surface area contributed by atoms with Crippen molar-refractivity contribution in [3.05, 3.63) is 46.4 Å². The van der Waals surface area contributed by atoms with Gasteiger partial charge in [0.25, 0.3) is 5.56 Å². The van der Waals surface area contributed by atoms with Crippen LogP contribution in [0.2, 0.25) is 0 Å². The Balaban J connectivity index is 1.93. The molecule has 2 aromatic rings. The molecule has 0 aliphatic heterocycles. The maximum absolute atomic E-state index is 12.5. The van der Waals surface area contributed by atoms with Crippen molar-refractivity contribution in [3.8, 4) is 0 Å². The van der Waals surface area contributed by atoms with Crippen molar-refractivity contribution in [3.63, 3.8) is 0 Å². The smallest absolute Gasteiger partial charge is 0.258 e. The molecule has 1 aliphatic rings. The topological polar surface area (TPSA) is 31.2 Å². The maximum Gasteiger partial charge on any atom is 0.258 e. The summed E-state index contributed by atoms with van der Waals surface area (Å²) in [6, 6.07) is 8.44. The molecule has 1 saturated carbocycles. The minimum atomic E-state index is 0.141. The lowest BCUT2D eigenvalue weighted by molar-refractivity contribution is 0.0766. The van der Waals surface area contributed by atoms with E-state index in [9.17, 15) is 4.79 Å². The van der Waals surface area contributed by atoms with Gasteiger partial charge in [-0.05, 0) is 43.2 Å². The number of fused-ring (bicyclic) bond motifs is 1. The van der Waals surface area contributed by atoms with Gasteiger partial charge >= 0.3 is 0 Å². The molecular formula is C16H19NO2. The molecule has 0 amide bonds. The van der Waals surface area contributed by atoms with E-state index in [1.165, 1.54) is 0 Å². The van der Waals surface area contributed by atoms with Crippen molar-refractivity contribution in [2.75, 3.05) is 13.7 Å². The number of pyridine rings is 1. The van der Waals surface area contributed by atoms with Crippen molar-refractivity contribution in [1.29, 1.82) is 0 Å². The molecule has 0 spiro atoms. The van der Waals surface area contributed by atoms with Gasteiger partial charge in [-0.2, -0.15) is 0 Å². The van der Waals surface area contributed by atoms with Gasteiger partial charge in [-0.3, -0.25) is 4.79 Å². The standard InChI is InChI=1S/C16H19NO2/c1-11-3-4-13-5-6-17(16(18)15(13)7-11)14-8-12(9-14)10-19-2/h3-7,12,14H,8-10H2,1-2H3.